The minimum Gasteiger partial charge on any atom is -0.384 e. The van der Waals surface area contributed by atoms with Crippen LogP contribution in [-0.2, 0) is 6.54 Å². The number of aliphatic hydroxyl groups is 1. The third kappa shape index (κ3) is 4.22. The molecule has 0 radical (unpaired) electrons. The fourth-order valence-corrected chi connectivity index (χ4v) is 4.95. The van der Waals surface area contributed by atoms with Gasteiger partial charge in [-0.25, -0.2) is 0 Å². The number of thiophene rings is 1. The van der Waals surface area contributed by atoms with E-state index in [2.05, 4.69) is 27.8 Å². The number of rotatable bonds is 3. The van der Waals surface area contributed by atoms with Crippen molar-refractivity contribution in [2.45, 2.75) is 25.4 Å². The molecule has 0 saturated carbocycles. The molecular weight excluding hydrogens is 358 g/mol. The Bertz CT molecular complexity index is 855. The maximum absolute atomic E-state index is 12.9. The lowest BCUT2D eigenvalue weighted by atomic mass is 9.95. The molecule has 27 heavy (non-hydrogen) atoms. The molecule has 5 rings (SSSR count). The molecule has 2 aromatic rings. The van der Waals surface area contributed by atoms with E-state index in [0.717, 1.165) is 37.5 Å². The van der Waals surface area contributed by atoms with E-state index < -0.39 is 0 Å². The molecule has 2 aromatic heterocycles. The summed E-state index contributed by atoms with van der Waals surface area (Å²) in [5.41, 5.74) is 0.538. The van der Waals surface area contributed by atoms with Gasteiger partial charge in [0.2, 0.25) is 0 Å². The third-order valence-corrected chi connectivity index (χ3v) is 6.29. The topological polar surface area (TPSA) is 56.7 Å². The number of carbonyl (C=O) groups excluding carboxylic acids is 1. The van der Waals surface area contributed by atoms with Gasteiger partial charge < -0.3 is 10.0 Å². The Balaban J connectivity index is 1.45. The van der Waals surface area contributed by atoms with Crippen LogP contribution in [0.2, 0.25) is 0 Å². The lowest BCUT2D eigenvalue weighted by Crippen LogP contribution is -2.43. The Morgan fingerprint density at radius 1 is 1.22 bits per heavy atom. The molecule has 2 bridgehead atoms. The van der Waals surface area contributed by atoms with Crippen molar-refractivity contribution in [3.63, 3.8) is 0 Å². The molecule has 1 N–H and O–H groups in total. The summed E-state index contributed by atoms with van der Waals surface area (Å²) in [6.07, 6.45) is 4.00. The van der Waals surface area contributed by atoms with E-state index in [0.29, 0.717) is 17.7 Å². The zero-order valence-electron chi connectivity index (χ0n) is 15.2. The summed E-state index contributed by atoms with van der Waals surface area (Å²) in [7, 11) is 0. The number of carbonyl (C=O) groups is 1. The average Bonchev–Trinajstić information content (AvgIpc) is 2.94. The van der Waals surface area contributed by atoms with Gasteiger partial charge in [-0.05, 0) is 43.0 Å². The van der Waals surface area contributed by atoms with Crippen molar-refractivity contribution in [3.05, 3.63) is 52.0 Å². The summed E-state index contributed by atoms with van der Waals surface area (Å²) in [5, 5.41) is 8.84. The Morgan fingerprint density at radius 2 is 2.15 bits per heavy atom. The van der Waals surface area contributed by atoms with Gasteiger partial charge in [0.05, 0.1) is 4.88 Å². The zero-order chi connectivity index (χ0) is 18.6. The summed E-state index contributed by atoms with van der Waals surface area (Å²) in [4.78, 5) is 23.9. The van der Waals surface area contributed by atoms with Crippen molar-refractivity contribution in [1.29, 1.82) is 0 Å². The standard InChI is InChI=1S/C21H23N3O2S/c25-11-3-4-18-8-9-19(27-18)15-23-12-16-6-7-17(23)14-24(13-16)21(26)20-5-1-2-10-22-20/h1-2,5,8-10,16-17,25H,6-7,11-15H2/t16-,17-/m0/s1. The van der Waals surface area contributed by atoms with E-state index in [1.807, 2.05) is 23.1 Å². The molecule has 2 atom stereocenters. The third-order valence-electron chi connectivity index (χ3n) is 5.31. The van der Waals surface area contributed by atoms with Crippen LogP contribution in [0.4, 0.5) is 0 Å². The van der Waals surface area contributed by atoms with Gasteiger partial charge in [0.15, 0.2) is 0 Å². The van der Waals surface area contributed by atoms with Crippen molar-refractivity contribution in [2.75, 3.05) is 26.2 Å². The van der Waals surface area contributed by atoms with Crippen LogP contribution in [0.5, 0.6) is 0 Å². The van der Waals surface area contributed by atoms with Gasteiger partial charge in [0.1, 0.15) is 12.3 Å². The molecule has 0 unspecified atom stereocenters. The van der Waals surface area contributed by atoms with E-state index in [-0.39, 0.29) is 12.5 Å². The number of aromatic nitrogens is 1. The molecule has 0 aromatic carbocycles. The maximum Gasteiger partial charge on any atom is 0.272 e. The highest BCUT2D eigenvalue weighted by atomic mass is 32.1. The molecule has 0 aliphatic carbocycles. The van der Waals surface area contributed by atoms with Crippen molar-refractivity contribution < 1.29 is 9.90 Å². The second kappa shape index (κ2) is 8.22. The second-order valence-electron chi connectivity index (χ2n) is 7.18. The predicted octanol–water partition coefficient (Wildman–Crippen LogP) is 2.22. The molecule has 5 heterocycles. The quantitative estimate of drug-likeness (QED) is 0.829. The van der Waals surface area contributed by atoms with Crippen LogP contribution < -0.4 is 0 Å². The van der Waals surface area contributed by atoms with Crippen LogP contribution in [0.3, 0.4) is 0 Å². The lowest BCUT2D eigenvalue weighted by molar-refractivity contribution is 0.0730. The minimum atomic E-state index is -0.108. The Hall–Kier alpha value is -2.20. The number of hydrogen-bond donors (Lipinski definition) is 1. The number of fused-ring (bicyclic) bond motifs is 4. The number of aliphatic hydroxyl groups excluding tert-OH is 1. The Morgan fingerprint density at radius 3 is 2.96 bits per heavy atom. The summed E-state index contributed by atoms with van der Waals surface area (Å²) >= 11 is 1.69. The molecule has 140 valence electrons. The molecule has 3 fully saturated rings. The first kappa shape index (κ1) is 18.2. The fraction of sp³-hybridized carbons (Fsp3) is 0.429. The molecule has 5 nitrogen and oxygen atoms in total. The highest BCUT2D eigenvalue weighted by Gasteiger charge is 2.36. The van der Waals surface area contributed by atoms with Crippen LogP contribution in [-0.4, -0.2) is 58.1 Å². The first-order valence-corrected chi connectivity index (χ1v) is 10.2. The van der Waals surface area contributed by atoms with Crippen molar-refractivity contribution >= 4 is 17.2 Å². The van der Waals surface area contributed by atoms with Gasteiger partial charge in [0.25, 0.3) is 5.91 Å². The summed E-state index contributed by atoms with van der Waals surface area (Å²) in [5.74, 6) is 6.25. The van der Waals surface area contributed by atoms with Crippen molar-refractivity contribution in [3.8, 4) is 11.8 Å². The Labute approximate surface area is 163 Å². The highest BCUT2D eigenvalue weighted by Crippen LogP contribution is 2.31. The van der Waals surface area contributed by atoms with Crippen molar-refractivity contribution in [1.82, 2.24) is 14.8 Å². The Kier molecular flexibility index (Phi) is 5.53. The zero-order valence-corrected chi connectivity index (χ0v) is 16.0. The largest absolute Gasteiger partial charge is 0.384 e. The summed E-state index contributed by atoms with van der Waals surface area (Å²) < 4.78 is 0. The maximum atomic E-state index is 12.9. The van der Waals surface area contributed by atoms with E-state index in [4.69, 9.17) is 5.11 Å². The molecule has 0 spiro atoms. The molecular formula is C21H23N3O2S. The summed E-state index contributed by atoms with van der Waals surface area (Å²) in [6, 6.07) is 10.0. The van der Waals surface area contributed by atoms with E-state index in [1.165, 1.54) is 11.3 Å². The fourth-order valence-electron chi connectivity index (χ4n) is 4.05. The van der Waals surface area contributed by atoms with Crippen LogP contribution in [0.1, 0.15) is 33.1 Å². The van der Waals surface area contributed by atoms with Crippen LogP contribution in [0, 0.1) is 17.8 Å². The van der Waals surface area contributed by atoms with E-state index >= 15 is 0 Å². The van der Waals surface area contributed by atoms with Crippen LogP contribution >= 0.6 is 11.3 Å². The van der Waals surface area contributed by atoms with Crippen molar-refractivity contribution in [2.24, 2.45) is 5.92 Å². The normalized spacial score (nSPS) is 22.2. The predicted molar refractivity (Wildman–Crippen MR) is 105 cm³/mol. The van der Waals surface area contributed by atoms with Crippen LogP contribution in [0.25, 0.3) is 0 Å². The monoisotopic (exact) mass is 381 g/mol. The average molecular weight is 382 g/mol. The number of hydrogen-bond acceptors (Lipinski definition) is 5. The number of piperidine rings is 1. The number of amides is 1. The smallest absolute Gasteiger partial charge is 0.272 e. The molecule has 1 amide bonds. The minimum absolute atomic E-state index is 0.0482. The lowest BCUT2D eigenvalue weighted by Gasteiger charge is -2.35. The molecule has 6 heteroatoms. The van der Waals surface area contributed by atoms with Gasteiger partial charge in [-0.15, -0.1) is 11.3 Å². The number of nitrogens with zero attached hydrogens (tertiary/aromatic N) is 3. The van der Waals surface area contributed by atoms with Gasteiger partial charge in [0, 0.05) is 43.3 Å². The summed E-state index contributed by atoms with van der Waals surface area (Å²) in [6.45, 7) is 3.42. The van der Waals surface area contributed by atoms with E-state index in [1.54, 1.807) is 23.6 Å². The molecule has 3 saturated heterocycles. The SMILES string of the molecule is O=C(c1ccccn1)N1C[C@H]2CC[C@@H](C1)N(Cc1ccc(C#CCO)s1)C2. The van der Waals surface area contributed by atoms with Crippen LogP contribution in [0.15, 0.2) is 36.5 Å². The number of pyridine rings is 1. The van der Waals surface area contributed by atoms with Gasteiger partial charge in [-0.1, -0.05) is 17.9 Å². The first-order chi connectivity index (χ1) is 13.2. The molecule has 3 aliphatic heterocycles. The van der Waals surface area contributed by atoms with Gasteiger partial charge in [-0.3, -0.25) is 14.7 Å². The highest BCUT2D eigenvalue weighted by molar-refractivity contribution is 7.12. The molecule has 3 aliphatic rings. The second-order valence-corrected chi connectivity index (χ2v) is 8.35. The first-order valence-electron chi connectivity index (χ1n) is 9.35. The van der Waals surface area contributed by atoms with Gasteiger partial charge in [-0.2, -0.15) is 0 Å². The van der Waals surface area contributed by atoms with E-state index in [9.17, 15) is 4.79 Å². The van der Waals surface area contributed by atoms with Gasteiger partial charge >= 0.3 is 0 Å².